The molecule has 2 aliphatic carbocycles. The first-order chi connectivity index (χ1) is 14.3. The first-order valence-corrected chi connectivity index (χ1v) is 10.3. The third kappa shape index (κ3) is 2.70. The molecule has 29 heavy (non-hydrogen) atoms. The van der Waals surface area contributed by atoms with Crippen molar-refractivity contribution in [2.45, 2.75) is 38.0 Å². The summed E-state index contributed by atoms with van der Waals surface area (Å²) in [6, 6.07) is 4.35. The van der Waals surface area contributed by atoms with Gasteiger partial charge in [0.05, 0.1) is 23.6 Å². The second-order valence-electron chi connectivity index (χ2n) is 8.08. The molecular weight excluding hydrogens is 360 g/mol. The fourth-order valence-electron chi connectivity index (χ4n) is 4.38. The van der Waals surface area contributed by atoms with Crippen molar-refractivity contribution in [3.05, 3.63) is 71.8 Å². The molecule has 0 radical (unpaired) electrons. The van der Waals surface area contributed by atoms with E-state index in [9.17, 15) is 0 Å². The molecule has 0 aromatic carbocycles. The van der Waals surface area contributed by atoms with Crippen LogP contribution >= 0.6 is 0 Å². The fourth-order valence-corrected chi connectivity index (χ4v) is 4.38. The van der Waals surface area contributed by atoms with E-state index in [1.807, 2.05) is 47.2 Å². The van der Waals surface area contributed by atoms with Crippen molar-refractivity contribution < 1.29 is 0 Å². The highest BCUT2D eigenvalue weighted by molar-refractivity contribution is 5.86. The Morgan fingerprint density at radius 2 is 1.97 bits per heavy atom. The van der Waals surface area contributed by atoms with Crippen molar-refractivity contribution in [1.82, 2.24) is 29.4 Å². The lowest BCUT2D eigenvalue weighted by molar-refractivity contribution is 0.400. The van der Waals surface area contributed by atoms with E-state index < -0.39 is 0 Å². The van der Waals surface area contributed by atoms with Crippen LogP contribution in [0.1, 0.15) is 54.2 Å². The Morgan fingerprint density at radius 1 is 1.03 bits per heavy atom. The number of aryl methyl sites for hydroxylation is 2. The van der Waals surface area contributed by atoms with E-state index >= 15 is 0 Å². The number of rotatable bonds is 3. The molecule has 6 rings (SSSR count). The first-order valence-electron chi connectivity index (χ1n) is 10.3. The Bertz CT molecular complexity index is 1260. The topological polar surface area (TPSA) is 60.9 Å². The standard InChI is InChI=1S/C23H22N6/c1-28-14-17(11-25-28)19-13-26-29-9-8-16(10-22(19)29)18-6-3-7-21-20(18)12-24-23(27-21)15-4-2-5-15/h6,8-15H,2-5,7H2,1H3. The van der Waals surface area contributed by atoms with Crippen LogP contribution < -0.4 is 0 Å². The van der Waals surface area contributed by atoms with E-state index in [4.69, 9.17) is 9.97 Å². The van der Waals surface area contributed by atoms with Gasteiger partial charge in [0.2, 0.25) is 0 Å². The van der Waals surface area contributed by atoms with Gasteiger partial charge in [0.25, 0.3) is 0 Å². The Hall–Kier alpha value is -3.28. The molecule has 0 amide bonds. The lowest BCUT2D eigenvalue weighted by Gasteiger charge is -2.25. The molecule has 4 aromatic rings. The van der Waals surface area contributed by atoms with Crippen molar-refractivity contribution in [1.29, 1.82) is 0 Å². The zero-order valence-electron chi connectivity index (χ0n) is 16.4. The summed E-state index contributed by atoms with van der Waals surface area (Å²) in [4.78, 5) is 9.68. The summed E-state index contributed by atoms with van der Waals surface area (Å²) < 4.78 is 3.74. The van der Waals surface area contributed by atoms with Crippen LogP contribution in [0.4, 0.5) is 0 Å². The predicted molar refractivity (Wildman–Crippen MR) is 111 cm³/mol. The highest BCUT2D eigenvalue weighted by Gasteiger charge is 2.25. The Labute approximate surface area is 168 Å². The van der Waals surface area contributed by atoms with Gasteiger partial charge in [-0.05, 0) is 49.0 Å². The summed E-state index contributed by atoms with van der Waals surface area (Å²) in [5.74, 6) is 1.61. The quantitative estimate of drug-likeness (QED) is 0.534. The zero-order chi connectivity index (χ0) is 19.4. The Kier molecular flexibility index (Phi) is 3.66. The van der Waals surface area contributed by atoms with Gasteiger partial charge in [-0.25, -0.2) is 14.5 Å². The summed E-state index contributed by atoms with van der Waals surface area (Å²) in [5.41, 5.74) is 8.03. The van der Waals surface area contributed by atoms with Crippen LogP contribution in [0.5, 0.6) is 0 Å². The maximum absolute atomic E-state index is 4.95. The van der Waals surface area contributed by atoms with E-state index in [2.05, 4.69) is 28.4 Å². The molecule has 4 heterocycles. The van der Waals surface area contributed by atoms with Gasteiger partial charge < -0.3 is 0 Å². The maximum Gasteiger partial charge on any atom is 0.131 e. The van der Waals surface area contributed by atoms with Crippen molar-refractivity contribution in [3.8, 4) is 11.1 Å². The lowest BCUT2D eigenvalue weighted by atomic mass is 9.84. The van der Waals surface area contributed by atoms with Gasteiger partial charge in [-0.15, -0.1) is 0 Å². The minimum absolute atomic E-state index is 0.569. The van der Waals surface area contributed by atoms with Gasteiger partial charge >= 0.3 is 0 Å². The van der Waals surface area contributed by atoms with Gasteiger partial charge in [0.15, 0.2) is 0 Å². The van der Waals surface area contributed by atoms with Gasteiger partial charge in [-0.3, -0.25) is 4.68 Å². The van der Waals surface area contributed by atoms with Crippen LogP contribution in [0.3, 0.4) is 0 Å². The van der Waals surface area contributed by atoms with E-state index in [1.54, 1.807) is 0 Å². The first kappa shape index (κ1) is 16.7. The summed E-state index contributed by atoms with van der Waals surface area (Å²) in [7, 11) is 1.93. The molecular formula is C23H22N6. The molecule has 0 aliphatic heterocycles. The number of fused-ring (bicyclic) bond motifs is 2. The molecule has 6 heteroatoms. The summed E-state index contributed by atoms with van der Waals surface area (Å²) in [6.45, 7) is 0. The second-order valence-corrected chi connectivity index (χ2v) is 8.08. The largest absolute Gasteiger partial charge is 0.275 e. The molecule has 2 aliphatic rings. The van der Waals surface area contributed by atoms with E-state index in [1.165, 1.54) is 41.7 Å². The number of allylic oxidation sites excluding steroid dienone is 1. The molecule has 6 nitrogen and oxygen atoms in total. The van der Waals surface area contributed by atoms with Crippen molar-refractivity contribution in [3.63, 3.8) is 0 Å². The van der Waals surface area contributed by atoms with Gasteiger partial charge in [0.1, 0.15) is 5.82 Å². The molecule has 0 bridgehead atoms. The van der Waals surface area contributed by atoms with Crippen molar-refractivity contribution in [2.24, 2.45) is 7.05 Å². The normalized spacial score (nSPS) is 16.5. The zero-order valence-corrected chi connectivity index (χ0v) is 16.4. The number of nitrogens with zero attached hydrogens (tertiary/aromatic N) is 6. The van der Waals surface area contributed by atoms with Gasteiger partial charge in [0, 0.05) is 48.2 Å². The molecule has 4 aromatic heterocycles. The minimum atomic E-state index is 0.569. The average Bonchev–Trinajstić information content (AvgIpc) is 3.31. The smallest absolute Gasteiger partial charge is 0.131 e. The molecule has 0 unspecified atom stereocenters. The molecule has 0 N–H and O–H groups in total. The number of hydrogen-bond donors (Lipinski definition) is 0. The molecule has 0 atom stereocenters. The number of pyridine rings is 1. The number of aromatic nitrogens is 6. The Balaban J connectivity index is 1.43. The molecule has 0 spiro atoms. The SMILES string of the molecule is Cn1cc(-c2cnn3ccc(C4=CCCc5nc(C6CCC6)ncc54)cc23)cn1. The molecule has 0 saturated heterocycles. The van der Waals surface area contributed by atoms with E-state index in [0.29, 0.717) is 5.92 Å². The summed E-state index contributed by atoms with van der Waals surface area (Å²) >= 11 is 0. The lowest BCUT2D eigenvalue weighted by Crippen LogP contribution is -2.15. The van der Waals surface area contributed by atoms with Crippen LogP contribution in [0.2, 0.25) is 0 Å². The van der Waals surface area contributed by atoms with Crippen LogP contribution in [0, 0.1) is 0 Å². The molecule has 1 fully saturated rings. The summed E-state index contributed by atoms with van der Waals surface area (Å²) in [5, 5.41) is 8.82. The summed E-state index contributed by atoms with van der Waals surface area (Å²) in [6.07, 6.45) is 18.0. The van der Waals surface area contributed by atoms with Crippen molar-refractivity contribution >= 4 is 11.1 Å². The highest BCUT2D eigenvalue weighted by atomic mass is 15.2. The third-order valence-corrected chi connectivity index (χ3v) is 6.22. The average molecular weight is 382 g/mol. The van der Waals surface area contributed by atoms with Gasteiger partial charge in [-0.1, -0.05) is 12.5 Å². The van der Waals surface area contributed by atoms with Crippen molar-refractivity contribution in [2.75, 3.05) is 0 Å². The predicted octanol–water partition coefficient (Wildman–Crippen LogP) is 4.17. The van der Waals surface area contributed by atoms with Crippen LogP contribution in [-0.4, -0.2) is 29.4 Å². The van der Waals surface area contributed by atoms with E-state index in [-0.39, 0.29) is 0 Å². The third-order valence-electron chi connectivity index (χ3n) is 6.22. The van der Waals surface area contributed by atoms with Crippen LogP contribution in [-0.2, 0) is 13.5 Å². The Morgan fingerprint density at radius 3 is 2.76 bits per heavy atom. The van der Waals surface area contributed by atoms with Crippen LogP contribution in [0.15, 0.2) is 49.2 Å². The molecule has 144 valence electrons. The molecule has 1 saturated carbocycles. The van der Waals surface area contributed by atoms with E-state index in [0.717, 1.165) is 35.3 Å². The highest BCUT2D eigenvalue weighted by Crippen LogP contribution is 2.37. The fraction of sp³-hybridized carbons (Fsp3) is 0.304. The monoisotopic (exact) mass is 382 g/mol. The maximum atomic E-state index is 4.95. The van der Waals surface area contributed by atoms with Crippen LogP contribution in [0.25, 0.3) is 22.2 Å². The second kappa shape index (κ2) is 6.37. The van der Waals surface area contributed by atoms with Gasteiger partial charge in [-0.2, -0.15) is 10.2 Å². The number of hydrogen-bond acceptors (Lipinski definition) is 4. The minimum Gasteiger partial charge on any atom is -0.275 e.